The molecule has 3 saturated carbocycles. The van der Waals surface area contributed by atoms with Gasteiger partial charge in [-0.15, -0.1) is 45.9 Å². The fourth-order valence-corrected chi connectivity index (χ4v) is 11.4. The molecule has 2 bridgehead atoms. The minimum absolute atomic E-state index is 0.0577. The van der Waals surface area contributed by atoms with Gasteiger partial charge in [-0.3, -0.25) is 9.59 Å². The Bertz CT molecular complexity index is 1930. The Morgan fingerprint density at radius 1 is 0.800 bits per heavy atom. The Hall–Kier alpha value is -2.32. The molecule has 4 heterocycles. The van der Waals surface area contributed by atoms with E-state index in [1.54, 1.807) is 22.7 Å². The molecule has 45 heavy (non-hydrogen) atoms. The molecule has 0 radical (unpaired) electrons. The number of fused-ring (bicyclic) bond motifs is 6. The third kappa shape index (κ3) is 4.09. The van der Waals surface area contributed by atoms with E-state index in [4.69, 9.17) is 27.9 Å². The number of halogens is 2. The molecule has 9 heteroatoms. The number of anilines is 2. The van der Waals surface area contributed by atoms with E-state index in [-0.39, 0.29) is 29.3 Å². The highest BCUT2D eigenvalue weighted by atomic mass is 35.5. The minimum atomic E-state index is -0.490. The van der Waals surface area contributed by atoms with Gasteiger partial charge in [0.1, 0.15) is 11.4 Å². The molecule has 2 aromatic heterocycles. The highest BCUT2D eigenvalue weighted by Gasteiger charge is 2.76. The van der Waals surface area contributed by atoms with Crippen LogP contribution in [0, 0.1) is 31.6 Å². The number of aryl methyl sites for hydroxylation is 3. The molecule has 3 aliphatic carbocycles. The highest BCUT2D eigenvalue weighted by Crippen LogP contribution is 2.75. The van der Waals surface area contributed by atoms with Gasteiger partial charge in [-0.05, 0) is 105 Å². The topological polar surface area (TPSA) is 49.9 Å². The lowest BCUT2D eigenvalue weighted by molar-refractivity contribution is -0.204. The lowest BCUT2D eigenvalue weighted by Gasteiger charge is -2.69. The summed E-state index contributed by atoms with van der Waals surface area (Å²) >= 11 is 16.6. The summed E-state index contributed by atoms with van der Waals surface area (Å²) in [6, 6.07) is 4.25. The predicted molar refractivity (Wildman–Crippen MR) is 189 cm³/mol. The van der Waals surface area contributed by atoms with Crippen molar-refractivity contribution in [2.45, 2.75) is 78.2 Å². The summed E-state index contributed by atoms with van der Waals surface area (Å²) in [5, 5.41) is 6.82. The summed E-state index contributed by atoms with van der Waals surface area (Å²) in [5.74, 6) is 2.21. The molecule has 0 unspecified atom stereocenters. The van der Waals surface area contributed by atoms with Crippen LogP contribution in [0.25, 0.3) is 20.2 Å². The number of hydrogen-bond acceptors (Lipinski definition) is 5. The molecule has 0 spiro atoms. The molecule has 5 aliphatic rings. The van der Waals surface area contributed by atoms with Crippen molar-refractivity contribution in [3.8, 4) is 5.75 Å². The van der Waals surface area contributed by atoms with Gasteiger partial charge in [-0.2, -0.15) is 0 Å². The number of hydrogen-bond donors (Lipinski definition) is 0. The maximum absolute atomic E-state index is 14.5. The number of carbonyl (C=O) groups excluding carboxylic acids is 2. The van der Waals surface area contributed by atoms with Crippen LogP contribution in [0.2, 0.25) is 0 Å². The molecule has 2 aliphatic heterocycles. The second-order valence-electron chi connectivity index (χ2n) is 15.0. The number of ether oxygens (including phenoxy) is 1. The standard InChI is InChI=1S/C36H38Cl2N2O3S2/c1-18-7-23-28(26-19(2)13-44-30(18)26)21(9-37)11-39(23)32(41)35-15-36(16-35,17-35)33(42)40-12-22(10-38)29-24(40)8-25(43-34(4,5)6)31-27(29)20(3)14-45-31/h7-8,13-14,21-22H,9-12,15-17H2,1-6H3/t21-,22-,35?,36?/m1/s1. The molecule has 2 aromatic carbocycles. The van der Waals surface area contributed by atoms with E-state index >= 15 is 0 Å². The summed E-state index contributed by atoms with van der Waals surface area (Å²) in [6.07, 6.45) is 1.82. The largest absolute Gasteiger partial charge is 0.487 e. The number of amides is 2. The zero-order valence-corrected chi connectivity index (χ0v) is 29.8. The van der Waals surface area contributed by atoms with Crippen molar-refractivity contribution >= 4 is 89.2 Å². The minimum Gasteiger partial charge on any atom is -0.487 e. The SMILES string of the molecule is Cc1cc2c(c3c(C)csc13)[C@H](CCl)CN2C(=O)C12CC(C(=O)N3C[C@@H](CCl)c4c3cc(OC(C)(C)C)c3scc(C)c43)(C1)C2. The van der Waals surface area contributed by atoms with Gasteiger partial charge in [-0.25, -0.2) is 0 Å². The zero-order valence-electron chi connectivity index (χ0n) is 26.6. The van der Waals surface area contributed by atoms with Crippen LogP contribution in [0.15, 0.2) is 22.9 Å². The number of alkyl halides is 2. The average Bonchev–Trinajstić information content (AvgIpc) is 3.69. The molecule has 3 fully saturated rings. The number of nitrogens with zero attached hydrogens (tertiary/aromatic N) is 2. The summed E-state index contributed by atoms with van der Waals surface area (Å²) in [6.45, 7) is 13.7. The van der Waals surface area contributed by atoms with Crippen molar-refractivity contribution < 1.29 is 14.3 Å². The van der Waals surface area contributed by atoms with Crippen LogP contribution < -0.4 is 14.5 Å². The molecule has 5 nitrogen and oxygen atoms in total. The third-order valence-corrected chi connectivity index (χ3v) is 13.8. The number of thiophene rings is 2. The number of benzene rings is 2. The lowest BCUT2D eigenvalue weighted by atomic mass is 9.34. The normalized spacial score (nSPS) is 26.7. The van der Waals surface area contributed by atoms with Gasteiger partial charge in [0.25, 0.3) is 0 Å². The summed E-state index contributed by atoms with van der Waals surface area (Å²) in [4.78, 5) is 32.7. The van der Waals surface area contributed by atoms with Gasteiger partial charge in [0.05, 0.1) is 21.2 Å². The van der Waals surface area contributed by atoms with Crippen LogP contribution in [0.4, 0.5) is 11.4 Å². The van der Waals surface area contributed by atoms with Crippen LogP contribution in [-0.4, -0.2) is 42.3 Å². The maximum atomic E-state index is 14.5. The van der Waals surface area contributed by atoms with E-state index < -0.39 is 10.8 Å². The average molecular weight is 682 g/mol. The van der Waals surface area contributed by atoms with Gasteiger partial charge in [0.15, 0.2) is 0 Å². The van der Waals surface area contributed by atoms with Crippen LogP contribution in [0.5, 0.6) is 5.75 Å². The Balaban J connectivity index is 1.09. The van der Waals surface area contributed by atoms with E-state index in [2.05, 4.69) is 64.4 Å². The molecule has 0 N–H and O–H groups in total. The Labute approximate surface area is 282 Å². The Morgan fingerprint density at radius 2 is 1.27 bits per heavy atom. The lowest BCUT2D eigenvalue weighted by Crippen LogP contribution is -2.73. The fourth-order valence-electron chi connectivity index (χ4n) is 8.85. The second-order valence-corrected chi connectivity index (χ2v) is 17.4. The second kappa shape index (κ2) is 9.85. The molecule has 0 saturated heterocycles. The molecule has 2 atom stereocenters. The predicted octanol–water partition coefficient (Wildman–Crippen LogP) is 9.43. The zero-order chi connectivity index (χ0) is 31.8. The van der Waals surface area contributed by atoms with Crippen LogP contribution >= 0.6 is 45.9 Å². The molecule has 2 amide bonds. The van der Waals surface area contributed by atoms with Crippen LogP contribution in [-0.2, 0) is 9.59 Å². The third-order valence-electron chi connectivity index (χ3n) is 10.7. The van der Waals surface area contributed by atoms with Crippen LogP contribution in [0.3, 0.4) is 0 Å². The Morgan fingerprint density at radius 3 is 1.76 bits per heavy atom. The van der Waals surface area contributed by atoms with Crippen molar-refractivity contribution in [1.82, 2.24) is 0 Å². The highest BCUT2D eigenvalue weighted by molar-refractivity contribution is 7.18. The summed E-state index contributed by atoms with van der Waals surface area (Å²) in [5.41, 5.74) is 6.64. The van der Waals surface area contributed by atoms with Crippen molar-refractivity contribution in [2.75, 3.05) is 34.6 Å². The van der Waals surface area contributed by atoms with E-state index in [9.17, 15) is 9.59 Å². The van der Waals surface area contributed by atoms with Crippen molar-refractivity contribution in [2.24, 2.45) is 10.8 Å². The molecule has 236 valence electrons. The van der Waals surface area contributed by atoms with Gasteiger partial charge >= 0.3 is 0 Å². The van der Waals surface area contributed by atoms with Crippen molar-refractivity contribution in [3.05, 3.63) is 50.7 Å². The smallest absolute Gasteiger partial charge is 0.233 e. The molecule has 9 rings (SSSR count). The van der Waals surface area contributed by atoms with Gasteiger partial charge in [0.2, 0.25) is 11.8 Å². The maximum Gasteiger partial charge on any atom is 0.233 e. The first-order chi connectivity index (χ1) is 21.3. The fraction of sp³-hybridized carbons (Fsp3) is 0.500. The molecular weight excluding hydrogens is 643 g/mol. The van der Waals surface area contributed by atoms with Crippen molar-refractivity contribution in [3.63, 3.8) is 0 Å². The first kappa shape index (κ1) is 30.0. The number of carbonyl (C=O) groups is 2. The molecular formula is C36H38Cl2N2O3S2. The summed E-state index contributed by atoms with van der Waals surface area (Å²) in [7, 11) is 0. The van der Waals surface area contributed by atoms with Gasteiger partial charge < -0.3 is 14.5 Å². The van der Waals surface area contributed by atoms with E-state index in [0.717, 1.165) is 27.4 Å². The first-order valence-electron chi connectivity index (χ1n) is 15.8. The van der Waals surface area contributed by atoms with E-state index in [1.165, 1.54) is 37.7 Å². The quantitative estimate of drug-likeness (QED) is 0.197. The molecule has 4 aromatic rings. The van der Waals surface area contributed by atoms with Crippen molar-refractivity contribution in [1.29, 1.82) is 0 Å². The van der Waals surface area contributed by atoms with Gasteiger partial charge in [0, 0.05) is 63.9 Å². The van der Waals surface area contributed by atoms with E-state index in [0.29, 0.717) is 44.1 Å². The summed E-state index contributed by atoms with van der Waals surface area (Å²) < 4.78 is 8.86. The van der Waals surface area contributed by atoms with Crippen LogP contribution in [0.1, 0.15) is 79.7 Å². The Kier molecular flexibility index (Phi) is 6.58. The van der Waals surface area contributed by atoms with E-state index in [1.807, 2.05) is 9.80 Å². The first-order valence-corrected chi connectivity index (χ1v) is 18.6. The number of rotatable bonds is 5. The monoisotopic (exact) mass is 680 g/mol. The van der Waals surface area contributed by atoms with Gasteiger partial charge in [-0.1, -0.05) is 0 Å².